The fourth-order valence-electron chi connectivity index (χ4n) is 3.63. The van der Waals surface area contributed by atoms with Crippen molar-refractivity contribution < 1.29 is 22.3 Å². The lowest BCUT2D eigenvalue weighted by Gasteiger charge is -2.18. The Morgan fingerprint density at radius 2 is 1.86 bits per heavy atom. The third-order valence-corrected chi connectivity index (χ3v) is 7.03. The van der Waals surface area contributed by atoms with E-state index in [0.717, 1.165) is 18.4 Å². The van der Waals surface area contributed by atoms with Crippen LogP contribution in [0.2, 0.25) is 0 Å². The van der Waals surface area contributed by atoms with Crippen LogP contribution in [0, 0.1) is 0 Å². The van der Waals surface area contributed by atoms with Crippen molar-refractivity contribution in [2.75, 3.05) is 23.9 Å². The van der Waals surface area contributed by atoms with E-state index in [1.54, 1.807) is 12.1 Å². The smallest absolute Gasteiger partial charge is 0.238 e. The van der Waals surface area contributed by atoms with E-state index >= 15 is 0 Å². The van der Waals surface area contributed by atoms with Gasteiger partial charge in [-0.2, -0.15) is 0 Å². The van der Waals surface area contributed by atoms with Crippen LogP contribution in [0.3, 0.4) is 0 Å². The molecule has 2 N–H and O–H groups in total. The molecule has 1 aliphatic heterocycles. The van der Waals surface area contributed by atoms with Gasteiger partial charge in [0.1, 0.15) is 18.2 Å². The molecule has 1 saturated carbocycles. The zero-order valence-corrected chi connectivity index (χ0v) is 16.5. The van der Waals surface area contributed by atoms with E-state index in [1.165, 1.54) is 29.2 Å². The maximum atomic E-state index is 12.9. The molecule has 0 aromatic heterocycles. The van der Waals surface area contributed by atoms with Crippen LogP contribution >= 0.6 is 0 Å². The summed E-state index contributed by atoms with van der Waals surface area (Å²) in [4.78, 5) is 14.4. The maximum Gasteiger partial charge on any atom is 0.238 e. The number of benzene rings is 2. The summed E-state index contributed by atoms with van der Waals surface area (Å²) in [5.41, 5.74) is 6.72. The van der Waals surface area contributed by atoms with E-state index in [2.05, 4.69) is 0 Å². The number of amides is 1. The molecule has 0 bridgehead atoms. The van der Waals surface area contributed by atoms with E-state index in [-0.39, 0.29) is 24.0 Å². The first-order valence-corrected chi connectivity index (χ1v) is 10.9. The van der Waals surface area contributed by atoms with Crippen molar-refractivity contribution >= 4 is 21.4 Å². The highest BCUT2D eigenvalue weighted by Gasteiger charge is 2.59. The Morgan fingerprint density at radius 1 is 1.17 bits per heavy atom. The van der Waals surface area contributed by atoms with Crippen LogP contribution in [0.4, 0.5) is 10.1 Å². The number of hydrogen-bond donors (Lipinski definition) is 1. The van der Waals surface area contributed by atoms with Crippen molar-refractivity contribution in [2.24, 2.45) is 5.73 Å². The molecule has 2 aromatic carbocycles. The second kappa shape index (κ2) is 7.27. The van der Waals surface area contributed by atoms with Gasteiger partial charge in [0, 0.05) is 17.8 Å². The van der Waals surface area contributed by atoms with Crippen LogP contribution in [0.1, 0.15) is 18.4 Å². The average molecular weight is 416 g/mol. The predicted molar refractivity (Wildman–Crippen MR) is 107 cm³/mol. The van der Waals surface area contributed by atoms with Gasteiger partial charge >= 0.3 is 0 Å². The lowest BCUT2D eigenvalue weighted by atomic mass is 9.98. The molecule has 2 aliphatic rings. The second-order valence-electron chi connectivity index (χ2n) is 7.31. The summed E-state index contributed by atoms with van der Waals surface area (Å²) in [6.45, 7) is 0.0238. The van der Waals surface area contributed by atoms with Gasteiger partial charge in [-0.25, -0.2) is 12.8 Å². The standard InChI is InChI=1S/C21H21FN2O4S/c22-11-15(12-23)13-28-16-5-7-17(8-6-16)29(26,27)14-24-19-4-2-1-3-18(19)21(9-10-21)20(24)25/h1-8,11H,9-10,12-14,23H2/b15-11+. The van der Waals surface area contributed by atoms with E-state index < -0.39 is 21.1 Å². The highest BCUT2D eigenvalue weighted by molar-refractivity contribution is 7.91. The summed E-state index contributed by atoms with van der Waals surface area (Å²) >= 11 is 0. The van der Waals surface area contributed by atoms with E-state index in [9.17, 15) is 17.6 Å². The SMILES string of the molecule is NC/C(=C\F)COc1ccc(S(=O)(=O)CN2C(=O)C3(CC3)c3ccccc32)cc1. The van der Waals surface area contributed by atoms with Gasteiger partial charge in [-0.15, -0.1) is 0 Å². The molecule has 1 amide bonds. The molecule has 152 valence electrons. The van der Waals surface area contributed by atoms with Crippen molar-refractivity contribution in [3.8, 4) is 5.75 Å². The van der Waals surface area contributed by atoms with E-state index in [0.29, 0.717) is 23.3 Å². The molecular formula is C21H21FN2O4S. The van der Waals surface area contributed by atoms with Gasteiger partial charge in [0.25, 0.3) is 0 Å². The Morgan fingerprint density at radius 3 is 2.48 bits per heavy atom. The molecule has 0 atom stereocenters. The molecule has 1 heterocycles. The first kappa shape index (κ1) is 19.6. The number of carbonyl (C=O) groups is 1. The van der Waals surface area contributed by atoms with Gasteiger partial charge in [-0.3, -0.25) is 9.69 Å². The first-order chi connectivity index (χ1) is 13.9. The zero-order chi connectivity index (χ0) is 20.6. The molecule has 1 fully saturated rings. The van der Waals surface area contributed by atoms with Crippen molar-refractivity contribution in [3.63, 3.8) is 0 Å². The average Bonchev–Trinajstić information content (AvgIpc) is 3.51. The minimum atomic E-state index is -3.74. The Hall–Kier alpha value is -2.71. The topological polar surface area (TPSA) is 89.7 Å². The third kappa shape index (κ3) is 3.42. The minimum absolute atomic E-state index is 0.0136. The molecule has 6 nitrogen and oxygen atoms in total. The Labute approximate surface area is 168 Å². The Balaban J connectivity index is 1.52. The van der Waals surface area contributed by atoms with Crippen molar-refractivity contribution in [2.45, 2.75) is 23.2 Å². The summed E-state index contributed by atoms with van der Waals surface area (Å²) in [6.07, 6.45) is 1.91. The van der Waals surface area contributed by atoms with Crippen LogP contribution in [0.15, 0.2) is 65.3 Å². The van der Waals surface area contributed by atoms with Crippen molar-refractivity contribution in [3.05, 3.63) is 66.0 Å². The van der Waals surface area contributed by atoms with Crippen molar-refractivity contribution in [1.82, 2.24) is 0 Å². The molecule has 0 unspecified atom stereocenters. The summed E-state index contributed by atoms with van der Waals surface area (Å²) in [6, 6.07) is 13.2. The number of nitrogens with zero attached hydrogens (tertiary/aromatic N) is 1. The number of carbonyl (C=O) groups excluding carboxylic acids is 1. The summed E-state index contributed by atoms with van der Waals surface area (Å²) < 4.78 is 43.8. The predicted octanol–water partition coefficient (Wildman–Crippen LogP) is 2.69. The first-order valence-electron chi connectivity index (χ1n) is 9.26. The maximum absolute atomic E-state index is 12.9. The number of rotatable bonds is 7. The fourth-order valence-corrected chi connectivity index (χ4v) is 4.93. The van der Waals surface area contributed by atoms with Crippen LogP contribution in [-0.4, -0.2) is 33.4 Å². The quantitative estimate of drug-likeness (QED) is 0.750. The van der Waals surface area contributed by atoms with Crippen LogP contribution < -0.4 is 15.4 Å². The molecule has 4 rings (SSSR count). The summed E-state index contributed by atoms with van der Waals surface area (Å²) in [5, 5.41) is 0. The molecule has 1 spiro atoms. The van der Waals surface area contributed by atoms with E-state index in [1.807, 2.05) is 12.1 Å². The Kier molecular flexibility index (Phi) is 4.92. The lowest BCUT2D eigenvalue weighted by molar-refractivity contribution is -0.120. The highest BCUT2D eigenvalue weighted by atomic mass is 32.2. The number of anilines is 1. The third-order valence-electron chi connectivity index (χ3n) is 5.44. The minimum Gasteiger partial charge on any atom is -0.489 e. The Bertz CT molecular complexity index is 1080. The lowest BCUT2D eigenvalue weighted by Crippen LogP contribution is -2.36. The zero-order valence-electron chi connectivity index (χ0n) is 15.7. The van der Waals surface area contributed by atoms with Gasteiger partial charge in [0.05, 0.1) is 16.6 Å². The highest BCUT2D eigenvalue weighted by Crippen LogP contribution is 2.57. The monoisotopic (exact) mass is 416 g/mol. The normalized spacial score (nSPS) is 17.5. The number of hydrogen-bond acceptors (Lipinski definition) is 5. The number of halogens is 1. The van der Waals surface area contributed by atoms with Crippen LogP contribution in [0.25, 0.3) is 0 Å². The number of fused-ring (bicyclic) bond motifs is 2. The second-order valence-corrected chi connectivity index (χ2v) is 9.27. The number of ether oxygens (including phenoxy) is 1. The largest absolute Gasteiger partial charge is 0.489 e. The van der Waals surface area contributed by atoms with Crippen LogP contribution in [0.5, 0.6) is 5.75 Å². The molecule has 0 saturated heterocycles. The molecule has 0 radical (unpaired) electrons. The molecule has 8 heteroatoms. The number of para-hydroxylation sites is 1. The van der Waals surface area contributed by atoms with E-state index in [4.69, 9.17) is 10.5 Å². The molecular weight excluding hydrogens is 395 g/mol. The van der Waals surface area contributed by atoms with Gasteiger partial charge in [-0.1, -0.05) is 18.2 Å². The van der Waals surface area contributed by atoms with Crippen LogP contribution in [-0.2, 0) is 20.0 Å². The number of nitrogens with two attached hydrogens (primary N) is 1. The van der Waals surface area contributed by atoms with Gasteiger partial charge < -0.3 is 10.5 Å². The van der Waals surface area contributed by atoms with Gasteiger partial charge in [0.15, 0.2) is 9.84 Å². The van der Waals surface area contributed by atoms with Gasteiger partial charge in [-0.05, 0) is 48.7 Å². The molecule has 2 aromatic rings. The fraction of sp³-hybridized carbons (Fsp3) is 0.286. The molecule has 29 heavy (non-hydrogen) atoms. The molecule has 1 aliphatic carbocycles. The summed E-state index contributed by atoms with van der Waals surface area (Å²) in [7, 11) is -3.74. The van der Waals surface area contributed by atoms with Crippen molar-refractivity contribution in [1.29, 1.82) is 0 Å². The summed E-state index contributed by atoms with van der Waals surface area (Å²) in [5.74, 6) is -0.155. The number of sulfone groups is 1. The van der Waals surface area contributed by atoms with Gasteiger partial charge in [0.2, 0.25) is 5.91 Å².